The first-order valence-corrected chi connectivity index (χ1v) is 7.83. The van der Waals surface area contributed by atoms with Gasteiger partial charge in [-0.3, -0.25) is 0 Å². The van der Waals surface area contributed by atoms with Gasteiger partial charge in [0.15, 0.2) is 0 Å². The number of sulfonamides is 1. The molecule has 0 saturated heterocycles. The molecule has 0 atom stereocenters. The molecule has 0 aliphatic rings. The molecule has 1 rings (SSSR count). The average Bonchev–Trinajstić information content (AvgIpc) is 2.23. The van der Waals surface area contributed by atoms with Gasteiger partial charge in [-0.25, -0.2) is 13.6 Å². The Hall–Kier alpha value is -0.820. The third kappa shape index (κ3) is 5.78. The van der Waals surface area contributed by atoms with Crippen LogP contribution in [0.15, 0.2) is 23.1 Å². The van der Waals surface area contributed by atoms with Gasteiger partial charge < -0.3 is 10.6 Å². The van der Waals surface area contributed by atoms with E-state index in [0.29, 0.717) is 17.3 Å². The molecule has 0 unspecified atom stereocenters. The standard InChI is InChI=1S/C12H20ClN3O2S/c1-12(2,3)16-7-6-15-11-8-9(19(14,17)18)4-5-10(11)13/h4-5,8,15-16H,6-7H2,1-3H3,(H2,14,17,18). The van der Waals surface area contributed by atoms with Gasteiger partial charge in [0.1, 0.15) is 0 Å². The minimum absolute atomic E-state index is 0.0356. The van der Waals surface area contributed by atoms with E-state index >= 15 is 0 Å². The molecule has 0 bridgehead atoms. The second-order valence-corrected chi connectivity index (χ2v) is 7.26. The highest BCUT2D eigenvalue weighted by Gasteiger charge is 2.11. The number of hydrogen-bond acceptors (Lipinski definition) is 4. The van der Waals surface area contributed by atoms with Crippen molar-refractivity contribution in [1.29, 1.82) is 0 Å². The Morgan fingerprint density at radius 2 is 1.89 bits per heavy atom. The van der Waals surface area contributed by atoms with Crippen LogP contribution in [0.2, 0.25) is 5.02 Å². The monoisotopic (exact) mass is 305 g/mol. The summed E-state index contributed by atoms with van der Waals surface area (Å²) in [6.07, 6.45) is 0. The molecule has 5 nitrogen and oxygen atoms in total. The molecule has 1 aromatic carbocycles. The maximum absolute atomic E-state index is 11.3. The van der Waals surface area contributed by atoms with Gasteiger partial charge in [0.05, 0.1) is 15.6 Å². The molecule has 0 aliphatic carbocycles. The zero-order valence-electron chi connectivity index (χ0n) is 11.3. The highest BCUT2D eigenvalue weighted by molar-refractivity contribution is 7.89. The van der Waals surface area contributed by atoms with Crippen molar-refractivity contribution < 1.29 is 8.42 Å². The van der Waals surface area contributed by atoms with Gasteiger partial charge >= 0.3 is 0 Å². The van der Waals surface area contributed by atoms with Gasteiger partial charge in [0, 0.05) is 18.6 Å². The van der Waals surface area contributed by atoms with Crippen LogP contribution in [0.4, 0.5) is 5.69 Å². The van der Waals surface area contributed by atoms with Crippen molar-refractivity contribution in [3.05, 3.63) is 23.2 Å². The molecule has 0 spiro atoms. The minimum Gasteiger partial charge on any atom is -0.383 e. The minimum atomic E-state index is -3.71. The zero-order chi connectivity index (χ0) is 14.7. The Labute approximate surface area is 119 Å². The molecule has 7 heteroatoms. The van der Waals surface area contributed by atoms with E-state index in [9.17, 15) is 8.42 Å². The number of nitrogens with two attached hydrogens (primary N) is 1. The van der Waals surface area contributed by atoms with Gasteiger partial charge in [0.25, 0.3) is 0 Å². The Kier molecular flexibility index (Phi) is 5.20. The van der Waals surface area contributed by atoms with Gasteiger partial charge in [0.2, 0.25) is 10.0 Å². The summed E-state index contributed by atoms with van der Waals surface area (Å²) >= 11 is 6.00. The van der Waals surface area contributed by atoms with Crippen LogP contribution in [0.1, 0.15) is 20.8 Å². The number of rotatable bonds is 5. The first-order chi connectivity index (χ1) is 8.59. The maximum Gasteiger partial charge on any atom is 0.238 e. The lowest BCUT2D eigenvalue weighted by Crippen LogP contribution is -2.38. The fraction of sp³-hybridized carbons (Fsp3) is 0.500. The summed E-state index contributed by atoms with van der Waals surface area (Å²) in [7, 11) is -3.71. The molecule has 108 valence electrons. The lowest BCUT2D eigenvalue weighted by molar-refractivity contribution is 0.435. The van der Waals surface area contributed by atoms with Crippen molar-refractivity contribution in [3.63, 3.8) is 0 Å². The predicted octanol–water partition coefficient (Wildman–Crippen LogP) is 1.79. The molecule has 4 N–H and O–H groups in total. The van der Waals surface area contributed by atoms with E-state index in [2.05, 4.69) is 31.4 Å². The smallest absolute Gasteiger partial charge is 0.238 e. The van der Waals surface area contributed by atoms with Crippen LogP contribution in [0.5, 0.6) is 0 Å². The highest BCUT2D eigenvalue weighted by atomic mass is 35.5. The van der Waals surface area contributed by atoms with E-state index in [0.717, 1.165) is 6.54 Å². The van der Waals surface area contributed by atoms with Crippen molar-refractivity contribution in [2.75, 3.05) is 18.4 Å². The molecule has 1 aromatic rings. The summed E-state index contributed by atoms with van der Waals surface area (Å²) in [5, 5.41) is 11.9. The van der Waals surface area contributed by atoms with Crippen LogP contribution in [-0.4, -0.2) is 27.0 Å². The topological polar surface area (TPSA) is 84.2 Å². The van der Waals surface area contributed by atoms with Crippen molar-refractivity contribution in [3.8, 4) is 0 Å². The Bertz CT molecular complexity index is 538. The first kappa shape index (κ1) is 16.2. The van der Waals surface area contributed by atoms with Crippen LogP contribution in [-0.2, 0) is 10.0 Å². The van der Waals surface area contributed by atoms with Gasteiger partial charge in [-0.15, -0.1) is 0 Å². The summed E-state index contributed by atoms with van der Waals surface area (Å²) in [5.41, 5.74) is 0.595. The number of primary sulfonamides is 1. The Morgan fingerprint density at radius 1 is 1.26 bits per heavy atom. The summed E-state index contributed by atoms with van der Waals surface area (Å²) in [4.78, 5) is 0.0446. The number of anilines is 1. The number of nitrogens with one attached hydrogen (secondary N) is 2. The molecule has 0 aromatic heterocycles. The quantitative estimate of drug-likeness (QED) is 0.724. The lowest BCUT2D eigenvalue weighted by Gasteiger charge is -2.21. The SMILES string of the molecule is CC(C)(C)NCCNc1cc(S(N)(=O)=O)ccc1Cl. The highest BCUT2D eigenvalue weighted by Crippen LogP contribution is 2.24. The van der Waals surface area contributed by atoms with Crippen LogP contribution in [0.25, 0.3) is 0 Å². The largest absolute Gasteiger partial charge is 0.383 e. The Balaban J connectivity index is 2.68. The Morgan fingerprint density at radius 3 is 2.42 bits per heavy atom. The number of hydrogen-bond donors (Lipinski definition) is 3. The number of benzene rings is 1. The fourth-order valence-corrected chi connectivity index (χ4v) is 2.18. The summed E-state index contributed by atoms with van der Waals surface area (Å²) < 4.78 is 22.5. The zero-order valence-corrected chi connectivity index (χ0v) is 12.9. The predicted molar refractivity (Wildman–Crippen MR) is 79.1 cm³/mol. The fourth-order valence-electron chi connectivity index (χ4n) is 1.45. The molecular formula is C12H20ClN3O2S. The number of halogens is 1. The maximum atomic E-state index is 11.3. The van der Waals surface area contributed by atoms with Crippen molar-refractivity contribution in [2.45, 2.75) is 31.2 Å². The van der Waals surface area contributed by atoms with Crippen LogP contribution < -0.4 is 15.8 Å². The molecule has 0 saturated carbocycles. The van der Waals surface area contributed by atoms with E-state index in [1.54, 1.807) is 0 Å². The molecule has 0 amide bonds. The van der Waals surface area contributed by atoms with E-state index in [1.165, 1.54) is 18.2 Å². The van der Waals surface area contributed by atoms with E-state index < -0.39 is 10.0 Å². The van der Waals surface area contributed by atoms with Crippen LogP contribution in [0.3, 0.4) is 0 Å². The molecule has 0 fully saturated rings. The lowest BCUT2D eigenvalue weighted by atomic mass is 10.1. The molecule has 19 heavy (non-hydrogen) atoms. The third-order valence-corrected chi connectivity index (χ3v) is 3.60. The molecule has 0 heterocycles. The molecular weight excluding hydrogens is 286 g/mol. The second kappa shape index (κ2) is 6.09. The van der Waals surface area contributed by atoms with Crippen LogP contribution in [0, 0.1) is 0 Å². The molecule has 0 radical (unpaired) electrons. The summed E-state index contributed by atoms with van der Waals surface area (Å²) in [6, 6.07) is 4.34. The average molecular weight is 306 g/mol. The van der Waals surface area contributed by atoms with E-state index in [4.69, 9.17) is 16.7 Å². The van der Waals surface area contributed by atoms with E-state index in [-0.39, 0.29) is 10.4 Å². The van der Waals surface area contributed by atoms with Crippen molar-refractivity contribution in [2.24, 2.45) is 5.14 Å². The van der Waals surface area contributed by atoms with Gasteiger partial charge in [-0.1, -0.05) is 11.6 Å². The van der Waals surface area contributed by atoms with Gasteiger partial charge in [-0.05, 0) is 39.0 Å². The van der Waals surface area contributed by atoms with E-state index in [1.807, 2.05) is 0 Å². The van der Waals surface area contributed by atoms with Crippen molar-refractivity contribution in [1.82, 2.24) is 5.32 Å². The molecule has 0 aliphatic heterocycles. The van der Waals surface area contributed by atoms with Crippen molar-refractivity contribution >= 4 is 27.3 Å². The third-order valence-electron chi connectivity index (χ3n) is 2.36. The van der Waals surface area contributed by atoms with Crippen LogP contribution >= 0.6 is 11.6 Å². The normalized spacial score (nSPS) is 12.5. The summed E-state index contributed by atoms with van der Waals surface area (Å²) in [5.74, 6) is 0. The first-order valence-electron chi connectivity index (χ1n) is 5.91. The van der Waals surface area contributed by atoms with Gasteiger partial charge in [-0.2, -0.15) is 0 Å². The second-order valence-electron chi connectivity index (χ2n) is 5.29. The summed E-state index contributed by atoms with van der Waals surface area (Å²) in [6.45, 7) is 7.58.